The lowest BCUT2D eigenvalue weighted by Crippen LogP contribution is -2.29. The van der Waals surface area contributed by atoms with Crippen LogP contribution in [-0.4, -0.2) is 0 Å². The Balaban J connectivity index is 1.07. The van der Waals surface area contributed by atoms with Crippen molar-refractivity contribution in [3.63, 3.8) is 0 Å². The van der Waals surface area contributed by atoms with Crippen LogP contribution in [0.4, 0.5) is 17.1 Å². The first-order chi connectivity index (χ1) is 31.5. The molecule has 0 unspecified atom stereocenters. The van der Waals surface area contributed by atoms with E-state index in [2.05, 4.69) is 255 Å². The molecule has 64 heavy (non-hydrogen) atoms. The Bertz CT molecular complexity index is 3370. The van der Waals surface area contributed by atoms with E-state index in [0.717, 1.165) is 50.1 Å². The highest BCUT2D eigenvalue weighted by Gasteiger charge is 2.48. The van der Waals surface area contributed by atoms with Crippen LogP contribution in [0.2, 0.25) is 0 Å². The maximum absolute atomic E-state index is 7.04. The topological polar surface area (TPSA) is 16.4 Å². The summed E-state index contributed by atoms with van der Waals surface area (Å²) in [4.78, 5) is 2.37. The van der Waals surface area contributed by atoms with Gasteiger partial charge in [0.25, 0.3) is 0 Å². The quantitative estimate of drug-likeness (QED) is 0.152. The molecule has 2 aliphatic rings. The highest BCUT2D eigenvalue weighted by Crippen LogP contribution is 2.61. The SMILES string of the molecule is CC1(C)C=CC(c2ccc(N(c3ccc(-c4ccccc4)cc3)c3ccc(-c4c5c(cc6c4oc4ccccc46)-c4ccccc4C5(c4ccccc4)c4ccccc4)cc3)cc2)=C1. The molecule has 0 bridgehead atoms. The van der Waals surface area contributed by atoms with Gasteiger partial charge in [-0.3, -0.25) is 0 Å². The Kier molecular flexibility index (Phi) is 8.77. The standard InChI is InChI=1S/C62H45NO/c1-61(2)39-38-46(41-61)44-28-34-50(35-29-44)63(49-32-26-43(27-33-49)42-16-6-3-7-17-42)51-36-30-45(31-37-51)58-59-54(40-55-53-23-13-15-25-57(53)64-60(55)58)52-22-12-14-24-56(52)62(59,47-18-8-4-9-19-47)48-20-10-5-11-21-48/h3-41H,1-2H3. The molecule has 10 aromatic rings. The van der Waals surface area contributed by atoms with Crippen molar-refractivity contribution >= 4 is 44.6 Å². The van der Waals surface area contributed by atoms with E-state index < -0.39 is 5.41 Å². The predicted molar refractivity (Wildman–Crippen MR) is 267 cm³/mol. The van der Waals surface area contributed by atoms with Gasteiger partial charge in [0.15, 0.2) is 0 Å². The average Bonchev–Trinajstić information content (AvgIpc) is 4.01. The number of hydrogen-bond donors (Lipinski definition) is 0. The van der Waals surface area contributed by atoms with Gasteiger partial charge >= 0.3 is 0 Å². The van der Waals surface area contributed by atoms with Gasteiger partial charge < -0.3 is 9.32 Å². The Hall–Kier alpha value is -7.94. The van der Waals surface area contributed by atoms with Crippen molar-refractivity contribution in [2.24, 2.45) is 5.41 Å². The van der Waals surface area contributed by atoms with Gasteiger partial charge in [-0.15, -0.1) is 0 Å². The first kappa shape index (κ1) is 37.8. The molecular formula is C62H45NO. The molecule has 2 aliphatic carbocycles. The fourth-order valence-corrected chi connectivity index (χ4v) is 10.5. The van der Waals surface area contributed by atoms with E-state index in [-0.39, 0.29) is 5.41 Å². The third-order valence-corrected chi connectivity index (χ3v) is 13.4. The molecule has 2 heteroatoms. The van der Waals surface area contributed by atoms with E-state index in [1.54, 1.807) is 0 Å². The number of fused-ring (bicyclic) bond motifs is 6. The van der Waals surface area contributed by atoms with Gasteiger partial charge in [0.05, 0.1) is 5.41 Å². The van der Waals surface area contributed by atoms with Crippen molar-refractivity contribution in [1.29, 1.82) is 0 Å². The summed E-state index contributed by atoms with van der Waals surface area (Å²) in [5.41, 5.74) is 19.0. The highest BCUT2D eigenvalue weighted by molar-refractivity contribution is 6.14. The molecule has 0 saturated heterocycles. The van der Waals surface area contributed by atoms with E-state index in [4.69, 9.17) is 4.42 Å². The molecular weight excluding hydrogens is 775 g/mol. The summed E-state index contributed by atoms with van der Waals surface area (Å²) in [5.74, 6) is 0. The summed E-state index contributed by atoms with van der Waals surface area (Å²) in [6.45, 7) is 4.50. The molecule has 12 rings (SSSR count). The van der Waals surface area contributed by atoms with Crippen LogP contribution in [0, 0.1) is 5.41 Å². The van der Waals surface area contributed by atoms with Crippen molar-refractivity contribution in [3.8, 4) is 33.4 Å². The molecule has 0 saturated carbocycles. The average molecular weight is 820 g/mol. The molecule has 0 N–H and O–H groups in total. The van der Waals surface area contributed by atoms with Crippen molar-refractivity contribution in [2.45, 2.75) is 19.3 Å². The number of furan rings is 1. The summed E-state index contributed by atoms with van der Waals surface area (Å²) in [6, 6.07) is 79.6. The molecule has 304 valence electrons. The first-order valence-corrected chi connectivity index (χ1v) is 22.2. The van der Waals surface area contributed by atoms with Crippen molar-refractivity contribution in [1.82, 2.24) is 0 Å². The van der Waals surface area contributed by atoms with E-state index in [1.807, 2.05) is 0 Å². The summed E-state index contributed by atoms with van der Waals surface area (Å²) in [7, 11) is 0. The van der Waals surface area contributed by atoms with Crippen molar-refractivity contribution in [2.75, 3.05) is 4.90 Å². The molecule has 9 aromatic carbocycles. The van der Waals surface area contributed by atoms with Gasteiger partial charge in [-0.05, 0) is 110 Å². The summed E-state index contributed by atoms with van der Waals surface area (Å²) < 4.78 is 7.04. The van der Waals surface area contributed by atoms with Gasteiger partial charge in [0, 0.05) is 38.8 Å². The number of allylic oxidation sites excluding steroid dienone is 4. The molecule has 0 atom stereocenters. The minimum atomic E-state index is -0.608. The normalized spacial score (nSPS) is 14.4. The van der Waals surface area contributed by atoms with E-state index in [9.17, 15) is 0 Å². The monoisotopic (exact) mass is 819 g/mol. The van der Waals surface area contributed by atoms with Gasteiger partial charge in [-0.1, -0.05) is 202 Å². The first-order valence-electron chi connectivity index (χ1n) is 22.2. The summed E-state index contributed by atoms with van der Waals surface area (Å²) >= 11 is 0. The molecule has 0 spiro atoms. The number of benzene rings is 9. The molecule has 0 fully saturated rings. The van der Waals surface area contributed by atoms with E-state index in [0.29, 0.717) is 0 Å². The van der Waals surface area contributed by atoms with Gasteiger partial charge in [-0.25, -0.2) is 0 Å². The number of para-hydroxylation sites is 1. The van der Waals surface area contributed by atoms with Crippen molar-refractivity contribution < 1.29 is 4.42 Å². The van der Waals surface area contributed by atoms with Crippen molar-refractivity contribution in [3.05, 3.63) is 264 Å². The highest BCUT2D eigenvalue weighted by atomic mass is 16.3. The minimum Gasteiger partial charge on any atom is -0.455 e. The number of rotatable bonds is 8. The predicted octanol–water partition coefficient (Wildman–Crippen LogP) is 16.7. The van der Waals surface area contributed by atoms with Gasteiger partial charge in [0.1, 0.15) is 11.2 Å². The Morgan fingerprint density at radius 1 is 0.438 bits per heavy atom. The van der Waals surface area contributed by atoms with Crippen LogP contribution in [0.5, 0.6) is 0 Å². The largest absolute Gasteiger partial charge is 0.455 e. The zero-order valence-electron chi connectivity index (χ0n) is 35.9. The van der Waals surface area contributed by atoms with Crippen LogP contribution in [0.3, 0.4) is 0 Å². The number of nitrogens with zero attached hydrogens (tertiary/aromatic N) is 1. The summed E-state index contributed by atoms with van der Waals surface area (Å²) in [6.07, 6.45) is 6.88. The van der Waals surface area contributed by atoms with Gasteiger partial charge in [-0.2, -0.15) is 0 Å². The lowest BCUT2D eigenvalue weighted by molar-refractivity contribution is 0.637. The second-order valence-corrected chi connectivity index (χ2v) is 17.8. The maximum atomic E-state index is 7.04. The Labute approximate surface area is 374 Å². The molecule has 1 aromatic heterocycles. The third-order valence-electron chi connectivity index (χ3n) is 13.4. The second-order valence-electron chi connectivity index (χ2n) is 17.8. The zero-order valence-corrected chi connectivity index (χ0v) is 35.9. The lowest BCUT2D eigenvalue weighted by Gasteiger charge is -2.35. The maximum Gasteiger partial charge on any atom is 0.143 e. The fraction of sp³-hybridized carbons (Fsp3) is 0.0645. The number of hydrogen-bond acceptors (Lipinski definition) is 2. The third kappa shape index (κ3) is 6.02. The Morgan fingerprint density at radius 3 is 1.56 bits per heavy atom. The molecule has 0 radical (unpaired) electrons. The van der Waals surface area contributed by atoms with Crippen LogP contribution in [0.25, 0.3) is 60.9 Å². The van der Waals surface area contributed by atoms with Crippen LogP contribution in [0.15, 0.2) is 241 Å². The van der Waals surface area contributed by atoms with E-state index >= 15 is 0 Å². The second kappa shape index (κ2) is 14.9. The smallest absolute Gasteiger partial charge is 0.143 e. The van der Waals surface area contributed by atoms with Crippen LogP contribution in [0.1, 0.15) is 41.7 Å². The number of anilines is 3. The minimum absolute atomic E-state index is 0.0553. The van der Waals surface area contributed by atoms with Crippen LogP contribution in [-0.2, 0) is 5.41 Å². The van der Waals surface area contributed by atoms with Crippen LogP contribution >= 0.6 is 0 Å². The van der Waals surface area contributed by atoms with E-state index in [1.165, 1.54) is 55.6 Å². The van der Waals surface area contributed by atoms with Gasteiger partial charge in [0.2, 0.25) is 0 Å². The van der Waals surface area contributed by atoms with Crippen LogP contribution < -0.4 is 4.90 Å². The molecule has 2 nitrogen and oxygen atoms in total. The lowest BCUT2D eigenvalue weighted by atomic mass is 9.66. The molecule has 1 heterocycles. The fourth-order valence-electron chi connectivity index (χ4n) is 10.5. The molecule has 0 amide bonds. The Morgan fingerprint density at radius 2 is 0.953 bits per heavy atom. The summed E-state index contributed by atoms with van der Waals surface area (Å²) in [5, 5.41) is 2.24. The molecule has 0 aliphatic heterocycles. The zero-order chi connectivity index (χ0) is 42.8.